The number of hydrogen-bond acceptors (Lipinski definition) is 5. The van der Waals surface area contributed by atoms with Crippen LogP contribution in [0.1, 0.15) is 17.0 Å². The van der Waals surface area contributed by atoms with Gasteiger partial charge in [0.05, 0.1) is 25.3 Å². The minimum Gasteiger partial charge on any atom is -0.497 e. The molecule has 0 N–H and O–H groups in total. The van der Waals surface area contributed by atoms with Crippen LogP contribution in [0.15, 0.2) is 53.4 Å². The average molecular weight is 373 g/mol. The molecule has 0 amide bonds. The summed E-state index contributed by atoms with van der Waals surface area (Å²) < 4.78 is 14.7. The topological polar surface area (TPSA) is 70.4 Å². The highest BCUT2D eigenvalue weighted by molar-refractivity contribution is 5.94. The van der Waals surface area contributed by atoms with E-state index in [9.17, 15) is 0 Å². The summed E-state index contributed by atoms with van der Waals surface area (Å²) in [4.78, 5) is 9.48. The van der Waals surface area contributed by atoms with Gasteiger partial charge in [-0.3, -0.25) is 0 Å². The maximum atomic E-state index is 5.53. The number of methoxy groups -OCH3 is 1. The molecule has 0 bridgehead atoms. The van der Waals surface area contributed by atoms with E-state index in [4.69, 9.17) is 14.1 Å². The number of benzene rings is 1. The Labute approximate surface area is 161 Å². The molecule has 0 saturated heterocycles. The molecule has 0 saturated carbocycles. The number of aromatic nitrogens is 5. The summed E-state index contributed by atoms with van der Waals surface area (Å²) in [6.07, 6.45) is 3.41. The van der Waals surface area contributed by atoms with Crippen LogP contribution in [0.4, 0.5) is 0 Å². The Balaban J connectivity index is 1.68. The van der Waals surface area contributed by atoms with Gasteiger partial charge in [0.25, 0.3) is 0 Å². The van der Waals surface area contributed by atoms with Crippen molar-refractivity contribution in [1.82, 2.24) is 24.1 Å². The average Bonchev–Trinajstić information content (AvgIpc) is 3.44. The van der Waals surface area contributed by atoms with Gasteiger partial charge in [0, 0.05) is 11.3 Å². The normalized spacial score (nSPS) is 11.5. The number of aryl methyl sites for hydroxylation is 1. The number of fused-ring (bicyclic) bond motifs is 3. The Hall–Kier alpha value is -3.61. The van der Waals surface area contributed by atoms with E-state index in [0.717, 1.165) is 45.0 Å². The quantitative estimate of drug-likeness (QED) is 0.476. The lowest BCUT2D eigenvalue weighted by molar-refractivity contribution is 0.415. The molecule has 0 unspecified atom stereocenters. The van der Waals surface area contributed by atoms with Crippen molar-refractivity contribution in [3.63, 3.8) is 0 Å². The molecule has 140 valence electrons. The molecule has 0 spiro atoms. The fraction of sp³-hybridized carbons (Fsp3) is 0.190. The second-order valence-electron chi connectivity index (χ2n) is 6.75. The Morgan fingerprint density at radius 3 is 2.61 bits per heavy atom. The minimum absolute atomic E-state index is 0.631. The molecule has 5 rings (SSSR count). The van der Waals surface area contributed by atoms with Crippen LogP contribution in [-0.4, -0.2) is 31.3 Å². The molecule has 5 aromatic rings. The van der Waals surface area contributed by atoms with E-state index in [1.54, 1.807) is 24.2 Å². The maximum absolute atomic E-state index is 5.53. The summed E-state index contributed by atoms with van der Waals surface area (Å²) in [5, 5.41) is 5.63. The first-order chi connectivity index (χ1) is 13.7. The molecule has 4 aromatic heterocycles. The summed E-state index contributed by atoms with van der Waals surface area (Å²) in [6, 6.07) is 11.6. The Morgan fingerprint density at radius 2 is 1.89 bits per heavy atom. The van der Waals surface area contributed by atoms with Crippen LogP contribution in [0.2, 0.25) is 0 Å². The highest BCUT2D eigenvalue weighted by Gasteiger charge is 2.19. The first kappa shape index (κ1) is 16.6. The Morgan fingerprint density at radius 1 is 1.07 bits per heavy atom. The van der Waals surface area contributed by atoms with Gasteiger partial charge < -0.3 is 13.7 Å². The Bertz CT molecular complexity index is 1280. The zero-order valence-corrected chi connectivity index (χ0v) is 15.9. The standard InChI is InChI=1S/C21H19N5O2/c1-13-14(2)25(11-17-5-4-10-28-17)20-18(13)21-23-19(24-26(21)12-22-20)15-6-8-16(27-3)9-7-15/h4-10,12H,11H2,1-3H3. The third-order valence-electron chi connectivity index (χ3n) is 5.19. The molecule has 0 atom stereocenters. The predicted molar refractivity (Wildman–Crippen MR) is 106 cm³/mol. The highest BCUT2D eigenvalue weighted by Crippen LogP contribution is 2.29. The van der Waals surface area contributed by atoms with E-state index >= 15 is 0 Å². The predicted octanol–water partition coefficient (Wildman–Crippen LogP) is 4.01. The molecular weight excluding hydrogens is 354 g/mol. The number of hydrogen-bond donors (Lipinski definition) is 0. The molecular formula is C21H19N5O2. The molecule has 0 radical (unpaired) electrons. The van der Waals surface area contributed by atoms with Gasteiger partial charge in [-0.05, 0) is 55.8 Å². The number of nitrogens with zero attached hydrogens (tertiary/aromatic N) is 5. The van der Waals surface area contributed by atoms with Crippen LogP contribution in [0.3, 0.4) is 0 Å². The highest BCUT2D eigenvalue weighted by atomic mass is 16.5. The van der Waals surface area contributed by atoms with Crippen molar-refractivity contribution in [1.29, 1.82) is 0 Å². The van der Waals surface area contributed by atoms with Crippen molar-refractivity contribution >= 4 is 16.7 Å². The first-order valence-corrected chi connectivity index (χ1v) is 9.03. The van der Waals surface area contributed by atoms with Crippen LogP contribution >= 0.6 is 0 Å². The van der Waals surface area contributed by atoms with Gasteiger partial charge in [-0.15, -0.1) is 5.10 Å². The lowest BCUT2D eigenvalue weighted by atomic mass is 10.2. The second-order valence-corrected chi connectivity index (χ2v) is 6.75. The molecule has 0 aliphatic heterocycles. The van der Waals surface area contributed by atoms with Crippen LogP contribution in [0.25, 0.3) is 28.1 Å². The largest absolute Gasteiger partial charge is 0.497 e. The van der Waals surface area contributed by atoms with Gasteiger partial charge in [0.2, 0.25) is 0 Å². The van der Waals surface area contributed by atoms with Crippen LogP contribution in [0.5, 0.6) is 5.75 Å². The number of rotatable bonds is 4. The zero-order chi connectivity index (χ0) is 19.3. The summed E-state index contributed by atoms with van der Waals surface area (Å²) in [6.45, 7) is 4.82. The van der Waals surface area contributed by atoms with E-state index < -0.39 is 0 Å². The van der Waals surface area contributed by atoms with E-state index in [-0.39, 0.29) is 0 Å². The van der Waals surface area contributed by atoms with Crippen molar-refractivity contribution in [2.24, 2.45) is 0 Å². The summed E-state index contributed by atoms with van der Waals surface area (Å²) in [7, 11) is 1.65. The lowest BCUT2D eigenvalue weighted by Crippen LogP contribution is -2.02. The molecule has 0 aliphatic carbocycles. The third kappa shape index (κ3) is 2.47. The molecule has 0 aliphatic rings. The molecule has 1 aromatic carbocycles. The van der Waals surface area contributed by atoms with Crippen LogP contribution in [-0.2, 0) is 6.54 Å². The van der Waals surface area contributed by atoms with Gasteiger partial charge in [-0.2, -0.15) is 0 Å². The van der Waals surface area contributed by atoms with E-state index in [1.807, 2.05) is 36.4 Å². The smallest absolute Gasteiger partial charge is 0.182 e. The van der Waals surface area contributed by atoms with Crippen molar-refractivity contribution in [2.45, 2.75) is 20.4 Å². The van der Waals surface area contributed by atoms with Gasteiger partial charge >= 0.3 is 0 Å². The van der Waals surface area contributed by atoms with Crippen LogP contribution in [0, 0.1) is 13.8 Å². The zero-order valence-electron chi connectivity index (χ0n) is 15.9. The van der Waals surface area contributed by atoms with Crippen molar-refractivity contribution in [3.8, 4) is 17.1 Å². The lowest BCUT2D eigenvalue weighted by Gasteiger charge is -2.05. The monoisotopic (exact) mass is 373 g/mol. The number of furan rings is 1. The van der Waals surface area contributed by atoms with Crippen LogP contribution < -0.4 is 4.74 Å². The van der Waals surface area contributed by atoms with Crippen molar-refractivity contribution < 1.29 is 9.15 Å². The molecule has 0 fully saturated rings. The fourth-order valence-electron chi connectivity index (χ4n) is 3.54. The summed E-state index contributed by atoms with van der Waals surface area (Å²) >= 11 is 0. The molecule has 4 heterocycles. The van der Waals surface area contributed by atoms with Gasteiger partial charge in [0.15, 0.2) is 11.5 Å². The SMILES string of the molecule is COc1ccc(-c2nc3c4c(C)c(C)n(Cc5ccco5)c4ncn3n2)cc1. The van der Waals surface area contributed by atoms with Crippen molar-refractivity contribution in [3.05, 3.63) is 66.0 Å². The van der Waals surface area contributed by atoms with Gasteiger partial charge in [-0.1, -0.05) is 0 Å². The summed E-state index contributed by atoms with van der Waals surface area (Å²) in [5.74, 6) is 2.35. The third-order valence-corrected chi connectivity index (χ3v) is 5.19. The maximum Gasteiger partial charge on any atom is 0.182 e. The van der Waals surface area contributed by atoms with Gasteiger partial charge in [0.1, 0.15) is 23.5 Å². The molecule has 7 heteroatoms. The fourth-order valence-corrected chi connectivity index (χ4v) is 3.54. The first-order valence-electron chi connectivity index (χ1n) is 9.03. The second kappa shape index (κ2) is 6.23. The summed E-state index contributed by atoms with van der Waals surface area (Å²) in [5.41, 5.74) is 4.90. The minimum atomic E-state index is 0.631. The molecule has 28 heavy (non-hydrogen) atoms. The number of ether oxygens (including phenoxy) is 1. The Kier molecular flexibility index (Phi) is 3.68. The van der Waals surface area contributed by atoms with Crippen molar-refractivity contribution in [2.75, 3.05) is 7.11 Å². The van der Waals surface area contributed by atoms with E-state index in [0.29, 0.717) is 12.4 Å². The van der Waals surface area contributed by atoms with Gasteiger partial charge in [-0.25, -0.2) is 14.5 Å². The van der Waals surface area contributed by atoms with E-state index in [1.165, 1.54) is 0 Å². The van der Waals surface area contributed by atoms with E-state index in [2.05, 4.69) is 28.5 Å². The molecule has 7 nitrogen and oxygen atoms in total.